The zero-order chi connectivity index (χ0) is 53.6. The summed E-state index contributed by atoms with van der Waals surface area (Å²) < 4.78 is 34.2. The molecule has 0 saturated heterocycles. The molecule has 0 aliphatic rings. The Kier molecular flexibility index (Phi) is 25.0. The summed E-state index contributed by atoms with van der Waals surface area (Å²) in [5, 5.41) is 18.9. The summed E-state index contributed by atoms with van der Waals surface area (Å²) in [4.78, 5) is 145. The van der Waals surface area contributed by atoms with Gasteiger partial charge in [-0.05, 0) is 180 Å². The molecule has 4 rings (SSSR count). The van der Waals surface area contributed by atoms with Crippen LogP contribution in [0.2, 0.25) is 0 Å². The van der Waals surface area contributed by atoms with Crippen LogP contribution in [0, 0.1) is 21.4 Å². The Bertz CT molecular complexity index is 3070. The number of benzene rings is 2. The lowest BCUT2D eigenvalue weighted by Crippen LogP contribution is -2.55. The number of halogens is 6. The number of aromatic nitrogens is 6. The fourth-order valence-corrected chi connectivity index (χ4v) is 11.0. The number of carbonyl (C=O) groups is 5. The van der Waals surface area contributed by atoms with Crippen molar-refractivity contribution in [1.29, 1.82) is 0 Å². The smallest absolute Gasteiger partial charge is 0.339 e. The Balaban J connectivity index is 1.48. The summed E-state index contributed by atoms with van der Waals surface area (Å²) in [7, 11) is 0. The average Bonchev–Trinajstić information content (AvgIpc) is 3.31. The van der Waals surface area contributed by atoms with Gasteiger partial charge in [-0.25, -0.2) is 65.8 Å². The maximum atomic E-state index is 13.7. The van der Waals surface area contributed by atoms with Crippen LogP contribution in [-0.4, -0.2) is 113 Å². The number of aliphatic hydroxyl groups excluding tert-OH is 2. The van der Waals surface area contributed by atoms with Crippen LogP contribution in [0.15, 0.2) is 53.0 Å². The molecule has 0 saturated carbocycles. The number of hydrogen-bond acceptors (Lipinski definition) is 18. The third-order valence-electron chi connectivity index (χ3n) is 9.75. The summed E-state index contributed by atoms with van der Waals surface area (Å²) in [6.45, 7) is -2.73. The van der Waals surface area contributed by atoms with Gasteiger partial charge in [0.15, 0.2) is 0 Å². The quantitative estimate of drug-likeness (QED) is 0.0413. The molecule has 0 aliphatic carbocycles. The van der Waals surface area contributed by atoms with Crippen molar-refractivity contribution >= 4 is 165 Å². The molecule has 2 heterocycles. The molecule has 0 bridgehead atoms. The normalized spacial score (nSPS) is 12.0. The van der Waals surface area contributed by atoms with E-state index < -0.39 is 148 Å². The molecule has 0 fully saturated rings. The number of ether oxygens (including phenoxy) is 5. The lowest BCUT2D eigenvalue weighted by atomic mass is 10.2. The second kappa shape index (κ2) is 29.3. The third-order valence-corrected chi connectivity index (χ3v) is 17.1. The summed E-state index contributed by atoms with van der Waals surface area (Å²) in [6.07, 6.45) is -3.81. The van der Waals surface area contributed by atoms with Gasteiger partial charge in [-0.1, -0.05) is 0 Å². The van der Waals surface area contributed by atoms with Gasteiger partial charge in [0.2, 0.25) is 0 Å². The number of rotatable bonds is 25. The molecule has 2 unspecified atom stereocenters. The topological polar surface area (TPSA) is 304 Å². The lowest BCUT2D eigenvalue weighted by molar-refractivity contribution is -0.147. The zero-order valence-corrected chi connectivity index (χ0v) is 50.9. The van der Waals surface area contributed by atoms with Crippen LogP contribution in [-0.2, 0) is 77.3 Å². The molecule has 0 aliphatic heterocycles. The van der Waals surface area contributed by atoms with Crippen LogP contribution < -0.4 is 34.1 Å². The number of aliphatic hydroxyl groups is 2. The highest BCUT2D eigenvalue weighted by Crippen LogP contribution is 2.25. The first-order valence-corrected chi connectivity index (χ1v) is 27.8. The number of carbonyl (C=O) groups excluding carboxylic acids is 5. The molecule has 4 aromatic rings. The summed E-state index contributed by atoms with van der Waals surface area (Å²) in [5.41, 5.74) is -6.36. The summed E-state index contributed by atoms with van der Waals surface area (Å²) in [6, 6.07) is 6.99. The third kappa shape index (κ3) is 17.2. The number of hydrogen-bond donors (Lipinski definition) is 2. The SMILES string of the molecule is CC(O)COC(=O)CCn1c(=O)n(CCC(=O)OCCn2c(=O)n(CCCO)c(=O)n(CCOC(=O)c3cc(I)cc(I)c3I)c2=O)c(=O)n(CCC(=O)OCC(C)OC(=O)c2cc(I)cc(I)c2I)c1=O. The molecule has 2 aromatic heterocycles. The van der Waals surface area contributed by atoms with Crippen molar-refractivity contribution in [3.05, 3.63) is 120 Å². The molecule has 392 valence electrons. The van der Waals surface area contributed by atoms with Crippen molar-refractivity contribution in [1.82, 2.24) is 27.4 Å². The number of nitrogens with zero attached hydrogens (tertiary/aromatic N) is 6. The van der Waals surface area contributed by atoms with Gasteiger partial charge in [-0.15, -0.1) is 0 Å². The van der Waals surface area contributed by atoms with E-state index in [0.29, 0.717) is 40.1 Å². The van der Waals surface area contributed by atoms with E-state index in [1.54, 1.807) is 12.1 Å². The van der Waals surface area contributed by atoms with Crippen molar-refractivity contribution < 1.29 is 57.9 Å². The van der Waals surface area contributed by atoms with Crippen LogP contribution in [0.5, 0.6) is 0 Å². The first kappa shape index (κ1) is 61.5. The van der Waals surface area contributed by atoms with Crippen LogP contribution in [0.4, 0.5) is 0 Å². The summed E-state index contributed by atoms with van der Waals surface area (Å²) >= 11 is 12.3. The van der Waals surface area contributed by atoms with Crippen LogP contribution in [0.3, 0.4) is 0 Å². The van der Waals surface area contributed by atoms with E-state index >= 15 is 0 Å². The predicted molar refractivity (Wildman–Crippen MR) is 303 cm³/mol. The molecule has 0 radical (unpaired) electrons. The van der Waals surface area contributed by atoms with Gasteiger partial charge in [0.25, 0.3) is 0 Å². The first-order chi connectivity index (χ1) is 34.0. The van der Waals surface area contributed by atoms with Crippen molar-refractivity contribution in [3.63, 3.8) is 0 Å². The first-order valence-electron chi connectivity index (χ1n) is 21.3. The average molecular weight is 1680 g/mol. The molecular formula is C42H44I6N6O18. The predicted octanol–water partition coefficient (Wildman–Crippen LogP) is 1.65. The monoisotopic (exact) mass is 1680 g/mol. The fourth-order valence-electron chi connectivity index (χ4n) is 6.24. The minimum atomic E-state index is -1.24. The van der Waals surface area contributed by atoms with E-state index in [4.69, 9.17) is 23.7 Å². The zero-order valence-electron chi connectivity index (χ0n) is 37.9. The van der Waals surface area contributed by atoms with Gasteiger partial charge in [-0.3, -0.25) is 14.4 Å². The van der Waals surface area contributed by atoms with E-state index in [9.17, 15) is 63.0 Å². The Hall–Kier alpha value is -3.09. The van der Waals surface area contributed by atoms with E-state index in [0.717, 1.165) is 14.3 Å². The van der Waals surface area contributed by atoms with Crippen molar-refractivity contribution in [2.45, 2.75) is 91.0 Å². The Morgan fingerprint density at radius 1 is 0.500 bits per heavy atom. The van der Waals surface area contributed by atoms with Crippen molar-refractivity contribution in [3.8, 4) is 0 Å². The molecular weight excluding hydrogens is 1640 g/mol. The van der Waals surface area contributed by atoms with Gasteiger partial charge in [0.05, 0.1) is 49.6 Å². The number of esters is 5. The second-order valence-electron chi connectivity index (χ2n) is 15.2. The van der Waals surface area contributed by atoms with Gasteiger partial charge in [0, 0.05) is 54.2 Å². The van der Waals surface area contributed by atoms with Crippen LogP contribution in [0.1, 0.15) is 60.2 Å². The van der Waals surface area contributed by atoms with E-state index in [2.05, 4.69) is 67.8 Å². The van der Waals surface area contributed by atoms with Gasteiger partial charge in [-0.2, -0.15) is 0 Å². The van der Waals surface area contributed by atoms with Crippen molar-refractivity contribution in [2.24, 2.45) is 0 Å². The molecule has 72 heavy (non-hydrogen) atoms. The maximum Gasteiger partial charge on any atom is 0.339 e. The van der Waals surface area contributed by atoms with E-state index in [-0.39, 0.29) is 31.7 Å². The molecule has 2 aromatic carbocycles. The Morgan fingerprint density at radius 3 is 1.28 bits per heavy atom. The van der Waals surface area contributed by atoms with Gasteiger partial charge >= 0.3 is 64.0 Å². The summed E-state index contributed by atoms with van der Waals surface area (Å²) in [5.74, 6) is -4.24. The molecule has 2 N–H and O–H groups in total. The fraction of sp³-hybridized carbons (Fsp3) is 0.452. The highest BCUT2D eigenvalue weighted by Gasteiger charge is 2.23. The van der Waals surface area contributed by atoms with Gasteiger partial charge in [0.1, 0.15) is 32.5 Å². The Labute approximate surface area is 488 Å². The largest absolute Gasteiger partial charge is 0.464 e. The van der Waals surface area contributed by atoms with E-state index in [1.165, 1.54) is 13.8 Å². The van der Waals surface area contributed by atoms with Gasteiger partial charge < -0.3 is 33.9 Å². The molecule has 0 amide bonds. The van der Waals surface area contributed by atoms with Crippen LogP contribution in [0.25, 0.3) is 0 Å². The Morgan fingerprint density at radius 2 is 0.861 bits per heavy atom. The van der Waals surface area contributed by atoms with Crippen LogP contribution >= 0.6 is 136 Å². The van der Waals surface area contributed by atoms with Crippen molar-refractivity contribution in [2.75, 3.05) is 33.0 Å². The highest BCUT2D eigenvalue weighted by molar-refractivity contribution is 14.1. The molecule has 2 atom stereocenters. The second-order valence-corrected chi connectivity index (χ2v) is 22.2. The minimum Gasteiger partial charge on any atom is -0.464 e. The molecule has 30 heteroatoms. The minimum absolute atomic E-state index is 0.0428. The lowest BCUT2D eigenvalue weighted by Gasteiger charge is -2.16. The molecule has 24 nitrogen and oxygen atoms in total. The van der Waals surface area contributed by atoms with E-state index in [1.807, 2.05) is 79.9 Å². The standard InChI is InChI=1S/C42H44I6N6O18/c1-22(56)20-70-31(58)5-9-51-39(64)50(40(65)52(41(51)66)10-6-32(59)71-21-23(2)72-36(61)27-17-25(44)19-29(46)34(27)48)8-4-30(57)68-14-11-53-37(62)49(7-3-13-55)38(63)54(42(53)67)12-15-69-35(60)26-16-24(43)18-28(45)33(26)47/h16-19,22-23,55-56H,3-15,20-21H2,1-2H3. The molecule has 0 spiro atoms. The maximum absolute atomic E-state index is 13.7. The highest BCUT2D eigenvalue weighted by atomic mass is 127.